The maximum absolute atomic E-state index is 6.04. The van der Waals surface area contributed by atoms with E-state index in [0.717, 1.165) is 33.5 Å². The van der Waals surface area contributed by atoms with Gasteiger partial charge >= 0.3 is 0 Å². The summed E-state index contributed by atoms with van der Waals surface area (Å²) >= 11 is 3.45. The van der Waals surface area contributed by atoms with Crippen LogP contribution in [-0.2, 0) is 6.42 Å². The minimum Gasteiger partial charge on any atom is -0.383 e. The van der Waals surface area contributed by atoms with E-state index in [-0.39, 0.29) is 0 Å². The quantitative estimate of drug-likeness (QED) is 0.918. The van der Waals surface area contributed by atoms with Crippen molar-refractivity contribution in [3.05, 3.63) is 40.0 Å². The summed E-state index contributed by atoms with van der Waals surface area (Å²) in [5, 5.41) is 4.32. The van der Waals surface area contributed by atoms with E-state index in [0.29, 0.717) is 0 Å². The molecule has 1 aromatic carbocycles. The minimum absolute atomic E-state index is 0.730. The van der Waals surface area contributed by atoms with Gasteiger partial charge in [-0.15, -0.1) is 0 Å². The Morgan fingerprint density at radius 1 is 1.44 bits per heavy atom. The Morgan fingerprint density at radius 3 is 2.75 bits per heavy atom. The van der Waals surface area contributed by atoms with Crippen LogP contribution < -0.4 is 5.73 Å². The van der Waals surface area contributed by atoms with Gasteiger partial charge in [0, 0.05) is 10.0 Å². The summed E-state index contributed by atoms with van der Waals surface area (Å²) < 4.78 is 2.86. The lowest BCUT2D eigenvalue weighted by molar-refractivity contribution is 0.882. The second-order valence-corrected chi connectivity index (χ2v) is 4.67. The lowest BCUT2D eigenvalue weighted by atomic mass is 10.2. The number of nitrogen functional groups attached to an aromatic ring is 1. The average Bonchev–Trinajstić information content (AvgIpc) is 2.60. The largest absolute Gasteiger partial charge is 0.383 e. The van der Waals surface area contributed by atoms with Crippen molar-refractivity contribution in [1.29, 1.82) is 0 Å². The van der Waals surface area contributed by atoms with Crippen LogP contribution in [0.5, 0.6) is 0 Å². The van der Waals surface area contributed by atoms with Crippen LogP contribution in [0.1, 0.15) is 18.1 Å². The highest BCUT2D eigenvalue weighted by atomic mass is 79.9. The first kappa shape index (κ1) is 11.2. The summed E-state index contributed by atoms with van der Waals surface area (Å²) in [7, 11) is 0. The summed E-state index contributed by atoms with van der Waals surface area (Å²) in [5.74, 6) is 0.730. The van der Waals surface area contributed by atoms with Gasteiger partial charge in [0.2, 0.25) is 0 Å². The number of hydrogen-bond acceptors (Lipinski definition) is 2. The van der Waals surface area contributed by atoms with Crippen molar-refractivity contribution in [3.63, 3.8) is 0 Å². The van der Waals surface area contributed by atoms with E-state index in [1.165, 1.54) is 0 Å². The molecule has 2 rings (SSSR count). The van der Waals surface area contributed by atoms with E-state index in [1.54, 1.807) is 4.68 Å². The molecule has 2 aromatic rings. The van der Waals surface area contributed by atoms with Crippen molar-refractivity contribution in [2.75, 3.05) is 5.73 Å². The zero-order valence-corrected chi connectivity index (χ0v) is 11.0. The van der Waals surface area contributed by atoms with Crippen LogP contribution in [0.25, 0.3) is 5.69 Å². The van der Waals surface area contributed by atoms with Crippen molar-refractivity contribution in [2.24, 2.45) is 0 Å². The first-order chi connectivity index (χ1) is 7.63. The molecule has 2 N–H and O–H groups in total. The van der Waals surface area contributed by atoms with E-state index in [2.05, 4.69) is 34.0 Å². The molecule has 0 radical (unpaired) electrons. The topological polar surface area (TPSA) is 43.8 Å². The molecule has 0 saturated heterocycles. The molecular formula is C12H14BrN3. The van der Waals surface area contributed by atoms with Gasteiger partial charge in [-0.1, -0.05) is 22.9 Å². The fourth-order valence-corrected chi connectivity index (χ4v) is 2.19. The summed E-state index contributed by atoms with van der Waals surface area (Å²) in [6, 6.07) is 6.07. The normalized spacial score (nSPS) is 10.7. The molecule has 0 unspecified atom stereocenters. The van der Waals surface area contributed by atoms with Crippen LogP contribution >= 0.6 is 15.9 Å². The third kappa shape index (κ3) is 1.85. The van der Waals surface area contributed by atoms with Crippen LogP contribution in [0.4, 0.5) is 5.82 Å². The molecule has 84 valence electrons. The van der Waals surface area contributed by atoms with Crippen LogP contribution in [-0.4, -0.2) is 9.78 Å². The van der Waals surface area contributed by atoms with Gasteiger partial charge in [0.15, 0.2) is 0 Å². The molecular weight excluding hydrogens is 266 g/mol. The fraction of sp³-hybridized carbons (Fsp3) is 0.250. The second-order valence-electron chi connectivity index (χ2n) is 3.75. The Labute approximate surface area is 103 Å². The van der Waals surface area contributed by atoms with Crippen molar-refractivity contribution in [2.45, 2.75) is 20.3 Å². The van der Waals surface area contributed by atoms with E-state index < -0.39 is 0 Å². The lowest BCUT2D eigenvalue weighted by Crippen LogP contribution is -2.04. The molecule has 0 amide bonds. The van der Waals surface area contributed by atoms with Gasteiger partial charge < -0.3 is 5.73 Å². The summed E-state index contributed by atoms with van der Waals surface area (Å²) in [6.45, 7) is 4.12. The number of rotatable bonds is 2. The van der Waals surface area contributed by atoms with Crippen LogP contribution in [0.3, 0.4) is 0 Å². The maximum atomic E-state index is 6.04. The molecule has 0 fully saturated rings. The molecule has 0 saturated carbocycles. The van der Waals surface area contributed by atoms with Crippen LogP contribution in [0.2, 0.25) is 0 Å². The molecule has 3 nitrogen and oxygen atoms in total. The molecule has 4 heteroatoms. The van der Waals surface area contributed by atoms with Gasteiger partial charge in [-0.05, 0) is 37.1 Å². The highest BCUT2D eigenvalue weighted by Crippen LogP contribution is 2.23. The average molecular weight is 280 g/mol. The Bertz CT molecular complexity index is 517. The van der Waals surface area contributed by atoms with Crippen molar-refractivity contribution >= 4 is 21.7 Å². The van der Waals surface area contributed by atoms with E-state index in [9.17, 15) is 0 Å². The summed E-state index contributed by atoms with van der Waals surface area (Å²) in [5.41, 5.74) is 9.30. The van der Waals surface area contributed by atoms with E-state index in [1.807, 2.05) is 25.3 Å². The van der Waals surface area contributed by atoms with Crippen molar-refractivity contribution in [3.8, 4) is 5.69 Å². The SMILES string of the molecule is CCc1cnn(-c2ccc(Br)cc2C)c1N. The third-order valence-corrected chi connectivity index (χ3v) is 3.15. The first-order valence-electron chi connectivity index (χ1n) is 5.22. The number of nitrogens with two attached hydrogens (primary N) is 1. The zero-order valence-electron chi connectivity index (χ0n) is 9.37. The third-order valence-electron chi connectivity index (χ3n) is 2.65. The van der Waals surface area contributed by atoms with Crippen LogP contribution in [0, 0.1) is 6.92 Å². The predicted octanol–water partition coefficient (Wildman–Crippen LogP) is 3.09. The zero-order chi connectivity index (χ0) is 11.7. The molecule has 0 spiro atoms. The van der Waals surface area contributed by atoms with Gasteiger partial charge in [0.05, 0.1) is 11.9 Å². The molecule has 0 bridgehead atoms. The Hall–Kier alpha value is -1.29. The molecule has 0 aliphatic carbocycles. The molecule has 0 atom stereocenters. The smallest absolute Gasteiger partial charge is 0.130 e. The maximum Gasteiger partial charge on any atom is 0.130 e. The van der Waals surface area contributed by atoms with Gasteiger partial charge in [0.1, 0.15) is 5.82 Å². The van der Waals surface area contributed by atoms with Gasteiger partial charge in [-0.25, -0.2) is 4.68 Å². The van der Waals surface area contributed by atoms with E-state index >= 15 is 0 Å². The Kier molecular flexibility index (Phi) is 3.01. The highest BCUT2D eigenvalue weighted by molar-refractivity contribution is 9.10. The lowest BCUT2D eigenvalue weighted by Gasteiger charge is -2.08. The molecule has 16 heavy (non-hydrogen) atoms. The number of aromatic nitrogens is 2. The molecule has 1 aromatic heterocycles. The predicted molar refractivity (Wildman–Crippen MR) is 69.8 cm³/mol. The Morgan fingerprint density at radius 2 is 2.19 bits per heavy atom. The van der Waals surface area contributed by atoms with Crippen molar-refractivity contribution < 1.29 is 0 Å². The molecule has 0 aliphatic heterocycles. The van der Waals surface area contributed by atoms with E-state index in [4.69, 9.17) is 5.73 Å². The van der Waals surface area contributed by atoms with Gasteiger partial charge in [-0.3, -0.25) is 0 Å². The molecule has 1 heterocycles. The summed E-state index contributed by atoms with van der Waals surface area (Å²) in [4.78, 5) is 0. The fourth-order valence-electron chi connectivity index (χ4n) is 1.71. The molecule has 0 aliphatic rings. The number of aryl methyl sites for hydroxylation is 2. The van der Waals surface area contributed by atoms with Gasteiger partial charge in [-0.2, -0.15) is 5.10 Å². The second kappa shape index (κ2) is 4.29. The highest BCUT2D eigenvalue weighted by Gasteiger charge is 2.09. The summed E-state index contributed by atoms with van der Waals surface area (Å²) in [6.07, 6.45) is 2.73. The number of nitrogens with zero attached hydrogens (tertiary/aromatic N) is 2. The standard InChI is InChI=1S/C12H14BrN3/c1-3-9-7-15-16(12(9)14)11-5-4-10(13)6-8(11)2/h4-7H,3,14H2,1-2H3. The number of hydrogen-bond donors (Lipinski definition) is 1. The number of benzene rings is 1. The van der Waals surface area contributed by atoms with Gasteiger partial charge in [0.25, 0.3) is 0 Å². The number of halogens is 1. The first-order valence-corrected chi connectivity index (χ1v) is 6.01. The Balaban J connectivity index is 2.54. The minimum atomic E-state index is 0.730. The monoisotopic (exact) mass is 279 g/mol. The van der Waals surface area contributed by atoms with Crippen LogP contribution in [0.15, 0.2) is 28.9 Å². The number of anilines is 1. The van der Waals surface area contributed by atoms with Crippen molar-refractivity contribution in [1.82, 2.24) is 9.78 Å².